The van der Waals surface area contributed by atoms with Crippen LogP contribution in [-0.4, -0.2) is 43.4 Å². The lowest BCUT2D eigenvalue weighted by molar-refractivity contribution is -0.138. The van der Waals surface area contributed by atoms with Crippen molar-refractivity contribution in [3.8, 4) is 0 Å². The van der Waals surface area contributed by atoms with Crippen molar-refractivity contribution in [2.45, 2.75) is 40.0 Å². The first-order chi connectivity index (χ1) is 9.45. The molecule has 0 aromatic carbocycles. The molecular weight excluding hydrogens is 260 g/mol. The zero-order chi connectivity index (χ0) is 15.4. The quantitative estimate of drug-likeness (QED) is 0.506. The first-order valence-electron chi connectivity index (χ1n) is 7.26. The summed E-state index contributed by atoms with van der Waals surface area (Å²) < 4.78 is 5.16. The summed E-state index contributed by atoms with van der Waals surface area (Å²) in [5.74, 6) is -0.438. The van der Waals surface area contributed by atoms with Gasteiger partial charge in [-0.1, -0.05) is 13.8 Å². The van der Waals surface area contributed by atoms with Crippen molar-refractivity contribution in [2.75, 3.05) is 26.3 Å². The molecule has 0 aromatic rings. The van der Waals surface area contributed by atoms with Gasteiger partial charge in [-0.25, -0.2) is 4.79 Å². The number of nitrogens with one attached hydrogen (secondary N) is 2. The van der Waals surface area contributed by atoms with Gasteiger partial charge < -0.3 is 20.5 Å². The van der Waals surface area contributed by atoms with Gasteiger partial charge in [0.1, 0.15) is 0 Å². The predicted molar refractivity (Wildman–Crippen MR) is 77.7 cm³/mol. The fourth-order valence-electron chi connectivity index (χ4n) is 1.97. The average molecular weight is 288 g/mol. The van der Waals surface area contributed by atoms with Crippen LogP contribution in [0.25, 0.3) is 0 Å². The second-order valence-electron chi connectivity index (χ2n) is 5.28. The van der Waals surface area contributed by atoms with Gasteiger partial charge in [0.05, 0.1) is 0 Å². The van der Waals surface area contributed by atoms with Crippen molar-refractivity contribution in [3.05, 3.63) is 0 Å². The normalized spacial score (nSPS) is 12.2. The molecule has 0 heterocycles. The van der Waals surface area contributed by atoms with E-state index in [2.05, 4.69) is 10.6 Å². The van der Waals surface area contributed by atoms with Crippen molar-refractivity contribution in [2.24, 2.45) is 11.8 Å². The van der Waals surface area contributed by atoms with E-state index in [1.165, 1.54) is 0 Å². The molecule has 1 unspecified atom stereocenters. The van der Waals surface area contributed by atoms with Gasteiger partial charge in [-0.15, -0.1) is 0 Å². The van der Waals surface area contributed by atoms with Crippen LogP contribution in [0.3, 0.4) is 0 Å². The number of urea groups is 1. The van der Waals surface area contributed by atoms with Crippen LogP contribution in [0.1, 0.15) is 40.0 Å². The Balaban J connectivity index is 3.83. The molecule has 0 saturated heterocycles. The number of carbonyl (C=O) groups is 2. The maximum atomic E-state index is 11.5. The second kappa shape index (κ2) is 11.5. The third-order valence-corrected chi connectivity index (χ3v) is 2.77. The number of amides is 2. The molecule has 0 rings (SSSR count). The van der Waals surface area contributed by atoms with E-state index >= 15 is 0 Å². The largest absolute Gasteiger partial charge is 0.481 e. The zero-order valence-corrected chi connectivity index (χ0v) is 12.8. The van der Waals surface area contributed by atoms with E-state index in [1.54, 1.807) is 0 Å². The summed E-state index contributed by atoms with van der Waals surface area (Å²) in [5.41, 5.74) is 0. The Bertz CT molecular complexity index is 282. The fraction of sp³-hybridized carbons (Fsp3) is 0.857. The molecule has 3 N–H and O–H groups in total. The Kier molecular flexibility index (Phi) is 10.8. The molecule has 2 amide bonds. The molecule has 0 aliphatic carbocycles. The van der Waals surface area contributed by atoms with Gasteiger partial charge in [0.2, 0.25) is 0 Å². The van der Waals surface area contributed by atoms with Crippen LogP contribution in [0.2, 0.25) is 0 Å². The summed E-state index contributed by atoms with van der Waals surface area (Å²) in [5, 5.41) is 14.3. The van der Waals surface area contributed by atoms with Gasteiger partial charge >= 0.3 is 12.0 Å². The Morgan fingerprint density at radius 3 is 2.50 bits per heavy atom. The average Bonchev–Trinajstić information content (AvgIpc) is 2.34. The van der Waals surface area contributed by atoms with Crippen LogP contribution in [0, 0.1) is 11.8 Å². The molecule has 0 aliphatic rings. The Labute approximate surface area is 121 Å². The molecule has 0 saturated carbocycles. The molecule has 0 spiro atoms. The van der Waals surface area contributed by atoms with E-state index in [1.807, 2.05) is 20.8 Å². The number of rotatable bonds is 11. The predicted octanol–water partition coefficient (Wildman–Crippen LogP) is 1.85. The lowest BCUT2D eigenvalue weighted by Gasteiger charge is -2.18. The van der Waals surface area contributed by atoms with E-state index in [0.717, 1.165) is 12.8 Å². The molecule has 0 aliphatic heterocycles. The van der Waals surface area contributed by atoms with Crippen molar-refractivity contribution in [3.63, 3.8) is 0 Å². The topological polar surface area (TPSA) is 87.7 Å². The van der Waals surface area contributed by atoms with Crippen molar-refractivity contribution in [1.29, 1.82) is 0 Å². The van der Waals surface area contributed by atoms with Crippen molar-refractivity contribution >= 4 is 12.0 Å². The van der Waals surface area contributed by atoms with Crippen LogP contribution >= 0.6 is 0 Å². The summed E-state index contributed by atoms with van der Waals surface area (Å²) in [7, 11) is 0. The number of carboxylic acid groups (broad SMARTS) is 1. The highest BCUT2D eigenvalue weighted by molar-refractivity contribution is 5.74. The van der Waals surface area contributed by atoms with Gasteiger partial charge in [0.15, 0.2) is 0 Å². The van der Waals surface area contributed by atoms with Gasteiger partial charge in [0, 0.05) is 32.7 Å². The Morgan fingerprint density at radius 2 is 1.95 bits per heavy atom. The maximum absolute atomic E-state index is 11.5. The lowest BCUT2D eigenvalue weighted by atomic mass is 9.94. The second-order valence-corrected chi connectivity index (χ2v) is 5.28. The maximum Gasteiger partial charge on any atom is 0.314 e. The van der Waals surface area contributed by atoms with Gasteiger partial charge in [-0.2, -0.15) is 0 Å². The highest BCUT2D eigenvalue weighted by atomic mass is 16.5. The van der Waals surface area contributed by atoms with E-state index < -0.39 is 5.97 Å². The minimum Gasteiger partial charge on any atom is -0.481 e. The highest BCUT2D eigenvalue weighted by Crippen LogP contribution is 2.14. The number of carbonyl (C=O) groups excluding carboxylic acids is 1. The Morgan fingerprint density at radius 1 is 1.25 bits per heavy atom. The summed E-state index contributed by atoms with van der Waals surface area (Å²) >= 11 is 0. The lowest BCUT2D eigenvalue weighted by Crippen LogP contribution is -2.39. The first-order valence-corrected chi connectivity index (χ1v) is 7.26. The molecule has 0 aromatic heterocycles. The van der Waals surface area contributed by atoms with Crippen LogP contribution in [0.4, 0.5) is 4.79 Å². The SMILES string of the molecule is CCOCCCNC(=O)NCC(CC(=O)O)CC(C)C. The molecule has 0 bridgehead atoms. The fourth-order valence-corrected chi connectivity index (χ4v) is 1.97. The number of aliphatic carboxylic acids is 1. The molecule has 20 heavy (non-hydrogen) atoms. The van der Waals surface area contributed by atoms with Crippen LogP contribution < -0.4 is 10.6 Å². The molecule has 0 fully saturated rings. The summed E-state index contributed by atoms with van der Waals surface area (Å²) in [6.45, 7) is 8.27. The van der Waals surface area contributed by atoms with Crippen LogP contribution in [-0.2, 0) is 9.53 Å². The molecule has 118 valence electrons. The highest BCUT2D eigenvalue weighted by Gasteiger charge is 2.15. The van der Waals surface area contributed by atoms with Gasteiger partial charge in [-0.05, 0) is 31.6 Å². The standard InChI is InChI=1S/C14H28N2O4/c1-4-20-7-5-6-15-14(19)16-10-12(8-11(2)3)9-13(17)18/h11-12H,4-10H2,1-3H3,(H,17,18)(H2,15,16,19). The summed E-state index contributed by atoms with van der Waals surface area (Å²) in [6.07, 6.45) is 1.64. The number of carboxylic acids is 1. The number of hydrogen-bond acceptors (Lipinski definition) is 3. The molecule has 0 radical (unpaired) electrons. The number of hydrogen-bond donors (Lipinski definition) is 3. The third-order valence-electron chi connectivity index (χ3n) is 2.77. The molecule has 1 atom stereocenters. The number of ether oxygens (including phenoxy) is 1. The van der Waals surface area contributed by atoms with Crippen molar-refractivity contribution < 1.29 is 19.4 Å². The molecule has 6 nitrogen and oxygen atoms in total. The zero-order valence-electron chi connectivity index (χ0n) is 12.8. The van der Waals surface area contributed by atoms with Gasteiger partial charge in [-0.3, -0.25) is 4.79 Å². The summed E-state index contributed by atoms with van der Waals surface area (Å²) in [4.78, 5) is 22.3. The minimum absolute atomic E-state index is 0.0262. The molecular formula is C14H28N2O4. The van der Waals surface area contributed by atoms with Crippen molar-refractivity contribution in [1.82, 2.24) is 10.6 Å². The Hall–Kier alpha value is -1.30. The van der Waals surface area contributed by atoms with E-state index in [-0.39, 0.29) is 18.4 Å². The van der Waals surface area contributed by atoms with E-state index in [4.69, 9.17) is 9.84 Å². The summed E-state index contributed by atoms with van der Waals surface area (Å²) in [6, 6.07) is -0.249. The third kappa shape index (κ3) is 11.8. The minimum atomic E-state index is -0.824. The monoisotopic (exact) mass is 288 g/mol. The first kappa shape index (κ1) is 18.7. The van der Waals surface area contributed by atoms with Crippen LogP contribution in [0.5, 0.6) is 0 Å². The molecule has 6 heteroatoms. The van der Waals surface area contributed by atoms with Crippen LogP contribution in [0.15, 0.2) is 0 Å². The van der Waals surface area contributed by atoms with Gasteiger partial charge in [0.25, 0.3) is 0 Å². The van der Waals surface area contributed by atoms with E-state index in [9.17, 15) is 9.59 Å². The smallest absolute Gasteiger partial charge is 0.314 e. The van der Waals surface area contributed by atoms with E-state index in [0.29, 0.717) is 32.2 Å².